The molecule has 28 heavy (non-hydrogen) atoms. The molecule has 1 saturated heterocycles. The van der Waals surface area contributed by atoms with E-state index in [1.807, 2.05) is 19.2 Å². The fraction of sp³-hybridized carbons (Fsp3) is 0.409. The number of fused-ring (bicyclic) bond motifs is 1. The Morgan fingerprint density at radius 3 is 2.61 bits per heavy atom. The largest absolute Gasteiger partial charge is 0.367 e. The number of nitrogens with zero attached hydrogens (tertiary/aromatic N) is 6. The fourth-order valence-corrected chi connectivity index (χ4v) is 3.93. The van der Waals surface area contributed by atoms with Crippen LogP contribution in [-0.2, 0) is 6.54 Å². The van der Waals surface area contributed by atoms with Crippen molar-refractivity contribution in [2.24, 2.45) is 0 Å². The van der Waals surface area contributed by atoms with Crippen molar-refractivity contribution >= 4 is 22.4 Å². The number of aromatic nitrogens is 3. The van der Waals surface area contributed by atoms with E-state index in [1.54, 1.807) is 0 Å². The van der Waals surface area contributed by atoms with Crippen LogP contribution in [0.25, 0.3) is 10.9 Å². The van der Waals surface area contributed by atoms with E-state index in [9.17, 15) is 0 Å². The molecular formula is C22H28N6. The quantitative estimate of drug-likeness (QED) is 0.698. The first-order chi connectivity index (χ1) is 13.5. The minimum Gasteiger partial charge on any atom is -0.367 e. The van der Waals surface area contributed by atoms with E-state index >= 15 is 0 Å². The second-order valence-corrected chi connectivity index (χ2v) is 7.72. The third kappa shape index (κ3) is 3.78. The number of hydrogen-bond acceptors (Lipinski definition) is 6. The van der Waals surface area contributed by atoms with Gasteiger partial charge in [-0.2, -0.15) is 0 Å². The fourth-order valence-electron chi connectivity index (χ4n) is 3.93. The first kappa shape index (κ1) is 18.6. The van der Waals surface area contributed by atoms with E-state index in [0.717, 1.165) is 66.7 Å². The van der Waals surface area contributed by atoms with Crippen LogP contribution in [0.1, 0.15) is 17.1 Å². The molecule has 1 aliphatic heterocycles. The van der Waals surface area contributed by atoms with Crippen molar-refractivity contribution < 1.29 is 0 Å². The Morgan fingerprint density at radius 2 is 1.82 bits per heavy atom. The maximum absolute atomic E-state index is 4.71. The highest BCUT2D eigenvalue weighted by molar-refractivity contribution is 5.92. The van der Waals surface area contributed by atoms with E-state index in [2.05, 4.69) is 65.0 Å². The molecule has 0 bridgehead atoms. The minimum atomic E-state index is 0.723. The third-order valence-electron chi connectivity index (χ3n) is 5.44. The van der Waals surface area contributed by atoms with E-state index < -0.39 is 0 Å². The average molecular weight is 377 g/mol. The molecule has 1 aliphatic rings. The first-order valence-corrected chi connectivity index (χ1v) is 9.85. The van der Waals surface area contributed by atoms with Gasteiger partial charge in [0.2, 0.25) is 0 Å². The zero-order valence-electron chi connectivity index (χ0n) is 17.2. The van der Waals surface area contributed by atoms with Crippen molar-refractivity contribution in [1.29, 1.82) is 0 Å². The minimum absolute atomic E-state index is 0.723. The Hall–Kier alpha value is -2.73. The molecule has 1 aromatic carbocycles. The molecule has 0 atom stereocenters. The Bertz CT molecular complexity index is 978. The molecule has 6 nitrogen and oxygen atoms in total. The Labute approximate surface area is 166 Å². The van der Waals surface area contributed by atoms with Gasteiger partial charge in [0.25, 0.3) is 0 Å². The Morgan fingerprint density at radius 1 is 1.04 bits per heavy atom. The average Bonchev–Trinajstić information content (AvgIpc) is 2.68. The number of benzene rings is 1. The van der Waals surface area contributed by atoms with Crippen LogP contribution in [0, 0.1) is 13.8 Å². The summed E-state index contributed by atoms with van der Waals surface area (Å²) in [7, 11) is 4.28. The first-order valence-electron chi connectivity index (χ1n) is 9.85. The molecule has 3 heterocycles. The zero-order valence-corrected chi connectivity index (χ0v) is 17.2. The van der Waals surface area contributed by atoms with Gasteiger partial charge < -0.3 is 14.7 Å². The summed E-state index contributed by atoms with van der Waals surface area (Å²) in [6, 6.07) is 10.5. The lowest BCUT2D eigenvalue weighted by atomic mass is 10.1. The monoisotopic (exact) mass is 376 g/mol. The number of rotatable bonds is 4. The molecule has 146 valence electrons. The van der Waals surface area contributed by atoms with Gasteiger partial charge in [0, 0.05) is 50.9 Å². The van der Waals surface area contributed by atoms with Crippen molar-refractivity contribution in [2.45, 2.75) is 20.4 Å². The van der Waals surface area contributed by atoms with Crippen LogP contribution in [0.5, 0.6) is 0 Å². The van der Waals surface area contributed by atoms with E-state index in [-0.39, 0.29) is 0 Å². The normalized spacial score (nSPS) is 15.2. The third-order valence-corrected chi connectivity index (χ3v) is 5.44. The summed E-state index contributed by atoms with van der Waals surface area (Å²) in [6.45, 7) is 9.00. The van der Waals surface area contributed by atoms with Crippen LogP contribution in [0.2, 0.25) is 0 Å². The van der Waals surface area contributed by atoms with Crippen LogP contribution in [-0.4, -0.2) is 60.1 Å². The standard InChI is InChI=1S/C22H28N6/c1-16-7-8-18-6-5-9-23-21(18)22(16)27(4)15-19-14-20(25-17(2)24-19)28-12-10-26(3)11-13-28/h5-9,14H,10-13,15H2,1-4H3. The highest BCUT2D eigenvalue weighted by Crippen LogP contribution is 2.29. The number of piperazine rings is 1. The molecular weight excluding hydrogens is 348 g/mol. The second kappa shape index (κ2) is 7.72. The molecule has 0 aliphatic carbocycles. The van der Waals surface area contributed by atoms with Crippen molar-refractivity contribution in [2.75, 3.05) is 50.1 Å². The van der Waals surface area contributed by atoms with Crippen LogP contribution in [0.4, 0.5) is 11.5 Å². The molecule has 0 radical (unpaired) electrons. The smallest absolute Gasteiger partial charge is 0.132 e. The molecule has 0 spiro atoms. The topological polar surface area (TPSA) is 48.4 Å². The van der Waals surface area contributed by atoms with Crippen molar-refractivity contribution in [1.82, 2.24) is 19.9 Å². The predicted octanol–water partition coefficient (Wildman–Crippen LogP) is 3.03. The number of aryl methyl sites for hydroxylation is 2. The Balaban J connectivity index is 1.62. The van der Waals surface area contributed by atoms with Gasteiger partial charge in [0.15, 0.2) is 0 Å². The van der Waals surface area contributed by atoms with Gasteiger partial charge in [-0.25, -0.2) is 9.97 Å². The molecule has 0 N–H and O–H groups in total. The van der Waals surface area contributed by atoms with Gasteiger partial charge in [0.1, 0.15) is 11.6 Å². The van der Waals surface area contributed by atoms with Gasteiger partial charge in [0.05, 0.1) is 23.4 Å². The van der Waals surface area contributed by atoms with Gasteiger partial charge in [-0.05, 0) is 32.5 Å². The summed E-state index contributed by atoms with van der Waals surface area (Å²) >= 11 is 0. The van der Waals surface area contributed by atoms with Crippen LogP contribution in [0.15, 0.2) is 36.5 Å². The Kier molecular flexibility index (Phi) is 5.13. The summed E-state index contributed by atoms with van der Waals surface area (Å²) < 4.78 is 0. The predicted molar refractivity (Wildman–Crippen MR) is 115 cm³/mol. The molecule has 1 fully saturated rings. The van der Waals surface area contributed by atoms with Crippen LogP contribution >= 0.6 is 0 Å². The SMILES string of the molecule is Cc1nc(CN(C)c2c(C)ccc3cccnc23)cc(N2CCN(C)CC2)n1. The summed E-state index contributed by atoms with van der Waals surface area (Å²) in [4.78, 5) is 21.0. The van der Waals surface area contributed by atoms with Gasteiger partial charge >= 0.3 is 0 Å². The summed E-state index contributed by atoms with van der Waals surface area (Å²) in [5.74, 6) is 1.87. The van der Waals surface area contributed by atoms with Crippen LogP contribution in [0.3, 0.4) is 0 Å². The van der Waals surface area contributed by atoms with Crippen molar-refractivity contribution in [3.63, 3.8) is 0 Å². The maximum atomic E-state index is 4.71. The van der Waals surface area contributed by atoms with Crippen molar-refractivity contribution in [3.05, 3.63) is 53.6 Å². The highest BCUT2D eigenvalue weighted by Gasteiger charge is 2.18. The maximum Gasteiger partial charge on any atom is 0.132 e. The van der Waals surface area contributed by atoms with Gasteiger partial charge in [-0.15, -0.1) is 0 Å². The molecule has 6 heteroatoms. The summed E-state index contributed by atoms with van der Waals surface area (Å²) in [5.41, 5.74) is 4.46. The van der Waals surface area contributed by atoms with Crippen molar-refractivity contribution in [3.8, 4) is 0 Å². The lowest BCUT2D eigenvalue weighted by Gasteiger charge is -2.33. The molecule has 0 saturated carbocycles. The number of pyridine rings is 1. The number of likely N-dealkylation sites (N-methyl/N-ethyl adjacent to an activating group) is 1. The highest BCUT2D eigenvalue weighted by atomic mass is 15.3. The molecule has 2 aromatic heterocycles. The van der Waals surface area contributed by atoms with E-state index in [0.29, 0.717) is 0 Å². The summed E-state index contributed by atoms with van der Waals surface area (Å²) in [6.07, 6.45) is 1.86. The van der Waals surface area contributed by atoms with E-state index in [1.165, 1.54) is 5.56 Å². The summed E-state index contributed by atoms with van der Waals surface area (Å²) in [5, 5.41) is 1.16. The van der Waals surface area contributed by atoms with Gasteiger partial charge in [-0.1, -0.05) is 18.2 Å². The van der Waals surface area contributed by atoms with Crippen LogP contribution < -0.4 is 9.80 Å². The lowest BCUT2D eigenvalue weighted by Crippen LogP contribution is -2.45. The van der Waals surface area contributed by atoms with E-state index in [4.69, 9.17) is 9.97 Å². The number of anilines is 2. The van der Waals surface area contributed by atoms with Gasteiger partial charge in [-0.3, -0.25) is 4.98 Å². The molecule has 4 rings (SSSR count). The number of hydrogen-bond donors (Lipinski definition) is 0. The molecule has 0 amide bonds. The lowest BCUT2D eigenvalue weighted by molar-refractivity contribution is 0.312. The zero-order chi connectivity index (χ0) is 19.7. The molecule has 3 aromatic rings. The second-order valence-electron chi connectivity index (χ2n) is 7.72. The molecule has 0 unspecified atom stereocenters.